The summed E-state index contributed by atoms with van der Waals surface area (Å²) in [4.78, 5) is 34.1. The quantitative estimate of drug-likeness (QED) is 0.628. The van der Waals surface area contributed by atoms with E-state index in [1.165, 1.54) is 0 Å². The van der Waals surface area contributed by atoms with Crippen molar-refractivity contribution >= 4 is 23.6 Å². The van der Waals surface area contributed by atoms with Gasteiger partial charge in [-0.15, -0.1) is 0 Å². The molecule has 0 saturated carbocycles. The van der Waals surface area contributed by atoms with E-state index in [0.29, 0.717) is 5.69 Å². The standard InChI is InChI=1S/C14H19N3O4/c1-9(2)12(13(19)20)17-11(18)8-15-14(21)16-10-6-4-3-5-7-10/h3-7,9,12H,8H2,1-2H3,(H,17,18)(H,19,20)(H2,15,16,21)/t12-/m0/s1. The van der Waals surface area contributed by atoms with Crippen molar-refractivity contribution < 1.29 is 19.5 Å². The molecule has 0 saturated heterocycles. The topological polar surface area (TPSA) is 108 Å². The second-order valence-electron chi connectivity index (χ2n) is 4.80. The number of hydrogen-bond donors (Lipinski definition) is 4. The van der Waals surface area contributed by atoms with Gasteiger partial charge in [0, 0.05) is 5.69 Å². The summed E-state index contributed by atoms with van der Waals surface area (Å²) in [7, 11) is 0. The lowest BCUT2D eigenvalue weighted by atomic mass is 10.1. The zero-order valence-electron chi connectivity index (χ0n) is 11.9. The molecule has 0 radical (unpaired) electrons. The highest BCUT2D eigenvalue weighted by atomic mass is 16.4. The van der Waals surface area contributed by atoms with Gasteiger partial charge in [-0.25, -0.2) is 9.59 Å². The minimum absolute atomic E-state index is 0.246. The molecule has 0 aliphatic heterocycles. The number of hydrogen-bond acceptors (Lipinski definition) is 3. The predicted octanol–water partition coefficient (Wildman–Crippen LogP) is 1.03. The average molecular weight is 293 g/mol. The Hall–Kier alpha value is -2.57. The van der Waals surface area contributed by atoms with E-state index in [1.807, 2.05) is 6.07 Å². The van der Waals surface area contributed by atoms with Crippen molar-refractivity contribution in [1.29, 1.82) is 0 Å². The predicted molar refractivity (Wildman–Crippen MR) is 77.9 cm³/mol. The number of carbonyl (C=O) groups is 3. The van der Waals surface area contributed by atoms with Crippen LogP contribution in [0.2, 0.25) is 0 Å². The van der Waals surface area contributed by atoms with E-state index in [-0.39, 0.29) is 12.5 Å². The molecular weight excluding hydrogens is 274 g/mol. The van der Waals surface area contributed by atoms with Crippen molar-refractivity contribution in [3.63, 3.8) is 0 Å². The summed E-state index contributed by atoms with van der Waals surface area (Å²) in [6.45, 7) is 3.08. The van der Waals surface area contributed by atoms with Gasteiger partial charge in [-0.1, -0.05) is 32.0 Å². The molecule has 7 heteroatoms. The summed E-state index contributed by atoms with van der Waals surface area (Å²) < 4.78 is 0. The molecule has 0 spiro atoms. The summed E-state index contributed by atoms with van der Waals surface area (Å²) in [5.41, 5.74) is 0.598. The molecule has 0 bridgehead atoms. The molecule has 114 valence electrons. The fourth-order valence-electron chi connectivity index (χ4n) is 1.60. The first-order valence-electron chi connectivity index (χ1n) is 6.52. The Morgan fingerprint density at radius 2 is 1.76 bits per heavy atom. The summed E-state index contributed by atoms with van der Waals surface area (Å²) in [6.07, 6.45) is 0. The van der Waals surface area contributed by atoms with Crippen LogP contribution in [-0.4, -0.2) is 35.6 Å². The fourth-order valence-corrected chi connectivity index (χ4v) is 1.60. The number of nitrogens with one attached hydrogen (secondary N) is 3. The highest BCUT2D eigenvalue weighted by molar-refractivity contribution is 5.93. The number of para-hydroxylation sites is 1. The Bertz CT molecular complexity index is 502. The third-order valence-corrected chi connectivity index (χ3v) is 2.69. The van der Waals surface area contributed by atoms with Crippen LogP contribution >= 0.6 is 0 Å². The fraction of sp³-hybridized carbons (Fsp3) is 0.357. The number of rotatable bonds is 6. The first-order chi connectivity index (χ1) is 9.90. The largest absolute Gasteiger partial charge is 0.480 e. The SMILES string of the molecule is CC(C)[C@H](NC(=O)CNC(=O)Nc1ccccc1)C(=O)O. The molecule has 1 rings (SSSR count). The molecule has 0 aliphatic rings. The number of benzene rings is 1. The molecule has 1 aromatic rings. The van der Waals surface area contributed by atoms with Gasteiger partial charge >= 0.3 is 12.0 Å². The third-order valence-electron chi connectivity index (χ3n) is 2.69. The maximum Gasteiger partial charge on any atom is 0.326 e. The lowest BCUT2D eigenvalue weighted by molar-refractivity contribution is -0.142. The van der Waals surface area contributed by atoms with Gasteiger partial charge in [0.2, 0.25) is 5.91 Å². The van der Waals surface area contributed by atoms with Gasteiger partial charge in [-0.3, -0.25) is 4.79 Å². The van der Waals surface area contributed by atoms with Gasteiger partial charge in [0.25, 0.3) is 0 Å². The van der Waals surface area contributed by atoms with Crippen molar-refractivity contribution in [2.45, 2.75) is 19.9 Å². The molecule has 0 fully saturated rings. The third kappa shape index (κ3) is 5.94. The second-order valence-corrected chi connectivity index (χ2v) is 4.80. The van der Waals surface area contributed by atoms with Crippen LogP contribution in [0.1, 0.15) is 13.8 Å². The molecular formula is C14H19N3O4. The van der Waals surface area contributed by atoms with E-state index in [2.05, 4.69) is 16.0 Å². The van der Waals surface area contributed by atoms with Crippen molar-refractivity contribution in [3.8, 4) is 0 Å². The highest BCUT2D eigenvalue weighted by Crippen LogP contribution is 2.04. The molecule has 1 atom stereocenters. The van der Waals surface area contributed by atoms with Crippen molar-refractivity contribution in [3.05, 3.63) is 30.3 Å². The molecule has 0 aliphatic carbocycles. The van der Waals surface area contributed by atoms with Gasteiger partial charge in [0.15, 0.2) is 0 Å². The van der Waals surface area contributed by atoms with Crippen LogP contribution in [0.15, 0.2) is 30.3 Å². The Kier molecular flexibility index (Phi) is 6.19. The minimum atomic E-state index is -1.10. The normalized spacial score (nSPS) is 11.6. The van der Waals surface area contributed by atoms with E-state index in [4.69, 9.17) is 5.11 Å². The Morgan fingerprint density at radius 1 is 1.14 bits per heavy atom. The zero-order valence-corrected chi connectivity index (χ0v) is 11.9. The molecule has 0 heterocycles. The Labute approximate surface area is 122 Å². The lowest BCUT2D eigenvalue weighted by Crippen LogP contribution is -2.48. The number of amides is 3. The molecule has 4 N–H and O–H groups in total. The molecule has 21 heavy (non-hydrogen) atoms. The minimum Gasteiger partial charge on any atom is -0.480 e. The van der Waals surface area contributed by atoms with Crippen LogP contribution in [0.25, 0.3) is 0 Å². The first kappa shape index (κ1) is 16.5. The Balaban J connectivity index is 2.39. The van der Waals surface area contributed by atoms with Crippen LogP contribution in [0.3, 0.4) is 0 Å². The van der Waals surface area contributed by atoms with Crippen LogP contribution in [-0.2, 0) is 9.59 Å². The van der Waals surface area contributed by atoms with Gasteiger partial charge in [-0.05, 0) is 18.1 Å². The molecule has 3 amide bonds. The van der Waals surface area contributed by atoms with Crippen molar-refractivity contribution in [1.82, 2.24) is 10.6 Å². The number of carbonyl (C=O) groups excluding carboxylic acids is 2. The van der Waals surface area contributed by atoms with Gasteiger partial charge < -0.3 is 21.1 Å². The van der Waals surface area contributed by atoms with Crippen LogP contribution < -0.4 is 16.0 Å². The Morgan fingerprint density at radius 3 is 2.29 bits per heavy atom. The van der Waals surface area contributed by atoms with E-state index in [0.717, 1.165) is 0 Å². The number of anilines is 1. The summed E-state index contributed by atoms with van der Waals surface area (Å²) in [5, 5.41) is 16.2. The zero-order chi connectivity index (χ0) is 15.8. The lowest BCUT2D eigenvalue weighted by Gasteiger charge is -2.18. The number of urea groups is 1. The van der Waals surface area contributed by atoms with E-state index >= 15 is 0 Å². The summed E-state index contributed by atoms with van der Waals surface area (Å²) >= 11 is 0. The van der Waals surface area contributed by atoms with E-state index in [9.17, 15) is 14.4 Å². The van der Waals surface area contributed by atoms with E-state index < -0.39 is 23.9 Å². The second kappa shape index (κ2) is 7.88. The average Bonchev–Trinajstić information content (AvgIpc) is 2.43. The smallest absolute Gasteiger partial charge is 0.326 e. The summed E-state index contributed by atoms with van der Waals surface area (Å²) in [5.74, 6) is -1.91. The maximum atomic E-state index is 11.6. The molecule has 7 nitrogen and oxygen atoms in total. The highest BCUT2D eigenvalue weighted by Gasteiger charge is 2.23. The first-order valence-corrected chi connectivity index (χ1v) is 6.52. The van der Waals surface area contributed by atoms with Gasteiger partial charge in [0.05, 0.1) is 6.54 Å². The van der Waals surface area contributed by atoms with Gasteiger partial charge in [-0.2, -0.15) is 0 Å². The number of carboxylic acid groups (broad SMARTS) is 1. The van der Waals surface area contributed by atoms with Gasteiger partial charge in [0.1, 0.15) is 6.04 Å². The van der Waals surface area contributed by atoms with Crippen LogP contribution in [0.5, 0.6) is 0 Å². The van der Waals surface area contributed by atoms with Crippen molar-refractivity contribution in [2.75, 3.05) is 11.9 Å². The summed E-state index contributed by atoms with van der Waals surface area (Å²) in [6, 6.07) is 7.25. The molecule has 0 aromatic heterocycles. The van der Waals surface area contributed by atoms with Crippen LogP contribution in [0.4, 0.5) is 10.5 Å². The maximum absolute atomic E-state index is 11.6. The number of carboxylic acids is 1. The molecule has 0 unspecified atom stereocenters. The molecule has 1 aromatic carbocycles. The monoisotopic (exact) mass is 293 g/mol. The number of aliphatic carboxylic acids is 1. The van der Waals surface area contributed by atoms with Crippen molar-refractivity contribution in [2.24, 2.45) is 5.92 Å². The van der Waals surface area contributed by atoms with E-state index in [1.54, 1.807) is 38.1 Å². The van der Waals surface area contributed by atoms with Crippen LogP contribution in [0, 0.1) is 5.92 Å².